The van der Waals surface area contributed by atoms with Gasteiger partial charge in [0.1, 0.15) is 5.75 Å². The number of aliphatic hydroxyl groups excluding tert-OH is 1. The van der Waals surface area contributed by atoms with Crippen molar-refractivity contribution in [2.75, 3.05) is 7.11 Å². The molecule has 1 atom stereocenters. The maximum atomic E-state index is 10.5. The van der Waals surface area contributed by atoms with Crippen molar-refractivity contribution in [3.63, 3.8) is 0 Å². The molecule has 0 spiro atoms. The Morgan fingerprint density at radius 3 is 2.61 bits per heavy atom. The Morgan fingerprint density at radius 2 is 2.00 bits per heavy atom. The normalized spacial score (nSPS) is 18.7. The first-order chi connectivity index (χ1) is 8.63. The highest BCUT2D eigenvalue weighted by molar-refractivity contribution is 9.10. The van der Waals surface area contributed by atoms with E-state index in [1.54, 1.807) is 13.2 Å². The number of aliphatic hydroxyl groups is 1. The summed E-state index contributed by atoms with van der Waals surface area (Å²) in [6.07, 6.45) is 5.34. The number of benzene rings is 1. The van der Waals surface area contributed by atoms with Crippen molar-refractivity contribution in [2.45, 2.75) is 38.2 Å². The molecule has 1 aliphatic rings. The minimum atomic E-state index is -0.491. The van der Waals surface area contributed by atoms with Gasteiger partial charge in [0, 0.05) is 10.6 Å². The summed E-state index contributed by atoms with van der Waals surface area (Å²) in [5.74, 6) is 1.01. The summed E-state index contributed by atoms with van der Waals surface area (Å²) in [7, 11) is 1.62. The second-order valence-corrected chi connectivity index (χ2v) is 6.14. The van der Waals surface area contributed by atoms with E-state index in [0.717, 1.165) is 22.9 Å². The van der Waals surface area contributed by atoms with Gasteiger partial charge in [-0.1, -0.05) is 30.9 Å². The van der Waals surface area contributed by atoms with Crippen molar-refractivity contribution in [2.24, 2.45) is 5.92 Å². The molecule has 2 rings (SSSR count). The highest BCUT2D eigenvalue weighted by Gasteiger charge is 2.26. The molecule has 1 N–H and O–H groups in total. The van der Waals surface area contributed by atoms with E-state index in [1.807, 2.05) is 6.07 Å². The lowest BCUT2D eigenvalue weighted by Gasteiger charge is -2.28. The summed E-state index contributed by atoms with van der Waals surface area (Å²) in [6.45, 7) is 0. The molecule has 1 fully saturated rings. The first-order valence-electron chi connectivity index (χ1n) is 6.34. The maximum absolute atomic E-state index is 10.5. The van der Waals surface area contributed by atoms with Gasteiger partial charge >= 0.3 is 0 Å². The molecule has 100 valence electrons. The molecule has 2 nitrogen and oxygen atoms in total. The fourth-order valence-electron chi connectivity index (χ4n) is 2.72. The van der Waals surface area contributed by atoms with Gasteiger partial charge in [0.05, 0.1) is 17.7 Å². The molecule has 0 aromatic heterocycles. The Hall–Kier alpha value is -0.250. The van der Waals surface area contributed by atoms with E-state index in [2.05, 4.69) is 15.9 Å². The molecule has 0 bridgehead atoms. The van der Waals surface area contributed by atoms with E-state index in [1.165, 1.54) is 19.3 Å². The third kappa shape index (κ3) is 3.01. The van der Waals surface area contributed by atoms with Crippen LogP contribution >= 0.6 is 27.5 Å². The fraction of sp³-hybridized carbons (Fsp3) is 0.571. The zero-order valence-electron chi connectivity index (χ0n) is 10.5. The molecule has 0 aliphatic heterocycles. The van der Waals surface area contributed by atoms with Crippen molar-refractivity contribution in [1.29, 1.82) is 0 Å². The van der Waals surface area contributed by atoms with Crippen LogP contribution in [0.25, 0.3) is 0 Å². The number of hydrogen-bond donors (Lipinski definition) is 1. The summed E-state index contributed by atoms with van der Waals surface area (Å²) in [6, 6.07) is 3.60. The van der Waals surface area contributed by atoms with Crippen molar-refractivity contribution in [3.05, 3.63) is 27.2 Å². The average molecular weight is 334 g/mol. The van der Waals surface area contributed by atoms with E-state index in [0.29, 0.717) is 16.7 Å². The number of halogens is 2. The van der Waals surface area contributed by atoms with E-state index >= 15 is 0 Å². The standard InChI is InChI=1S/C14H18BrClO2/c1-18-14-11(7-10(16)8-12(14)15)13(17)9-5-3-2-4-6-9/h7-9,13,17H,2-6H2,1H3. The molecule has 18 heavy (non-hydrogen) atoms. The molecule has 0 amide bonds. The van der Waals surface area contributed by atoms with Crippen LogP contribution in [0.15, 0.2) is 16.6 Å². The van der Waals surface area contributed by atoms with Crippen LogP contribution in [0.5, 0.6) is 5.75 Å². The summed E-state index contributed by atoms with van der Waals surface area (Å²) < 4.78 is 6.17. The van der Waals surface area contributed by atoms with Crippen LogP contribution in [0.3, 0.4) is 0 Å². The van der Waals surface area contributed by atoms with Gasteiger partial charge in [-0.25, -0.2) is 0 Å². The molecule has 1 saturated carbocycles. The predicted molar refractivity (Wildman–Crippen MR) is 77.2 cm³/mol. The zero-order valence-corrected chi connectivity index (χ0v) is 12.8. The lowest BCUT2D eigenvalue weighted by Crippen LogP contribution is -2.16. The quantitative estimate of drug-likeness (QED) is 0.867. The first kappa shape index (κ1) is 14.2. The van der Waals surface area contributed by atoms with Crippen LogP contribution < -0.4 is 4.74 Å². The van der Waals surface area contributed by atoms with E-state index in [9.17, 15) is 5.11 Å². The molecule has 1 unspecified atom stereocenters. The number of rotatable bonds is 3. The molecule has 1 aromatic rings. The third-order valence-electron chi connectivity index (χ3n) is 3.66. The Balaban J connectivity index is 2.30. The average Bonchev–Trinajstić information content (AvgIpc) is 2.38. The Bertz CT molecular complexity index is 417. The second kappa shape index (κ2) is 6.27. The predicted octanol–water partition coefficient (Wildman–Crippen LogP) is 4.72. The van der Waals surface area contributed by atoms with Crippen molar-refractivity contribution in [1.82, 2.24) is 0 Å². The first-order valence-corrected chi connectivity index (χ1v) is 7.51. The van der Waals surface area contributed by atoms with Crippen LogP contribution in [-0.2, 0) is 0 Å². The van der Waals surface area contributed by atoms with E-state index in [-0.39, 0.29) is 0 Å². The van der Waals surface area contributed by atoms with Crippen LogP contribution in [0.4, 0.5) is 0 Å². The highest BCUT2D eigenvalue weighted by Crippen LogP contribution is 2.42. The molecule has 1 aromatic carbocycles. The smallest absolute Gasteiger partial charge is 0.138 e. The fourth-order valence-corrected chi connectivity index (χ4v) is 3.72. The molecule has 0 saturated heterocycles. The van der Waals surface area contributed by atoms with Gasteiger partial charge in [-0.15, -0.1) is 0 Å². The van der Waals surface area contributed by atoms with Gasteiger partial charge in [-0.2, -0.15) is 0 Å². The van der Waals surface area contributed by atoms with Gasteiger partial charge in [0.2, 0.25) is 0 Å². The molecular weight excluding hydrogens is 316 g/mol. The third-order valence-corrected chi connectivity index (χ3v) is 4.46. The van der Waals surface area contributed by atoms with Gasteiger partial charge in [-0.05, 0) is 46.8 Å². The molecule has 4 heteroatoms. The largest absolute Gasteiger partial charge is 0.495 e. The van der Waals surface area contributed by atoms with Gasteiger partial charge in [0.25, 0.3) is 0 Å². The van der Waals surface area contributed by atoms with Crippen LogP contribution in [-0.4, -0.2) is 12.2 Å². The van der Waals surface area contributed by atoms with Gasteiger partial charge in [0.15, 0.2) is 0 Å². The molecule has 0 radical (unpaired) electrons. The summed E-state index contributed by atoms with van der Waals surface area (Å²) in [5, 5.41) is 11.2. The monoisotopic (exact) mass is 332 g/mol. The second-order valence-electron chi connectivity index (χ2n) is 4.85. The van der Waals surface area contributed by atoms with Crippen molar-refractivity contribution < 1.29 is 9.84 Å². The minimum Gasteiger partial charge on any atom is -0.495 e. The summed E-state index contributed by atoms with van der Waals surface area (Å²) in [4.78, 5) is 0. The number of ether oxygens (including phenoxy) is 1. The molecule has 0 heterocycles. The number of methoxy groups -OCH3 is 1. The Morgan fingerprint density at radius 1 is 1.33 bits per heavy atom. The topological polar surface area (TPSA) is 29.5 Å². The van der Waals surface area contributed by atoms with Crippen LogP contribution in [0.1, 0.15) is 43.8 Å². The maximum Gasteiger partial charge on any atom is 0.138 e. The SMILES string of the molecule is COc1c(Br)cc(Cl)cc1C(O)C1CCCCC1. The highest BCUT2D eigenvalue weighted by atomic mass is 79.9. The van der Waals surface area contributed by atoms with Crippen LogP contribution in [0.2, 0.25) is 5.02 Å². The summed E-state index contributed by atoms with van der Waals surface area (Å²) >= 11 is 9.50. The minimum absolute atomic E-state index is 0.318. The molecular formula is C14H18BrClO2. The van der Waals surface area contributed by atoms with E-state index < -0.39 is 6.10 Å². The zero-order chi connectivity index (χ0) is 13.1. The number of hydrogen-bond acceptors (Lipinski definition) is 2. The van der Waals surface area contributed by atoms with Crippen molar-refractivity contribution >= 4 is 27.5 Å². The Kier molecular flexibility index (Phi) is 4.93. The summed E-state index contributed by atoms with van der Waals surface area (Å²) in [5.41, 5.74) is 0.795. The van der Waals surface area contributed by atoms with E-state index in [4.69, 9.17) is 16.3 Å². The lowest BCUT2D eigenvalue weighted by atomic mass is 9.82. The van der Waals surface area contributed by atoms with Gasteiger partial charge < -0.3 is 9.84 Å². The Labute approximate surface area is 121 Å². The van der Waals surface area contributed by atoms with Gasteiger partial charge in [-0.3, -0.25) is 0 Å². The lowest BCUT2D eigenvalue weighted by molar-refractivity contribution is 0.0824. The van der Waals surface area contributed by atoms with Crippen LogP contribution in [0, 0.1) is 5.92 Å². The van der Waals surface area contributed by atoms with Crippen molar-refractivity contribution in [3.8, 4) is 5.75 Å². The molecule has 1 aliphatic carbocycles.